The molecule has 1 aliphatic carbocycles. The van der Waals surface area contributed by atoms with Crippen molar-refractivity contribution >= 4 is 17.7 Å². The summed E-state index contributed by atoms with van der Waals surface area (Å²) in [6.07, 6.45) is 7.13. The van der Waals surface area contributed by atoms with Crippen LogP contribution in [0.15, 0.2) is 18.3 Å². The maximum atomic E-state index is 12.4. The molecule has 2 heterocycles. The monoisotopic (exact) mass is 289 g/mol. The van der Waals surface area contributed by atoms with Gasteiger partial charge in [0.2, 0.25) is 0 Å². The normalized spacial score (nSPS) is 24.5. The average Bonchev–Trinajstić information content (AvgIpc) is 2.91. The maximum Gasteiger partial charge on any atom is 0.356 e. The van der Waals surface area contributed by atoms with Gasteiger partial charge in [0.15, 0.2) is 5.69 Å². The van der Waals surface area contributed by atoms with Gasteiger partial charge in [-0.05, 0) is 37.3 Å². The standard InChI is InChI=1S/C15H19N3O3/c19-14(20)13-11(5-3-8-16-13)17-15(21)18-9-7-10-4-1-2-6-12(10)18/h3,5,8,10,12H,1-2,4,6-7,9H2,(H,17,21)(H,19,20). The summed E-state index contributed by atoms with van der Waals surface area (Å²) in [7, 11) is 0. The summed E-state index contributed by atoms with van der Waals surface area (Å²) in [5, 5.41) is 11.8. The predicted octanol–water partition coefficient (Wildman–Crippen LogP) is 2.58. The van der Waals surface area contributed by atoms with Gasteiger partial charge in [-0.3, -0.25) is 0 Å². The van der Waals surface area contributed by atoms with Gasteiger partial charge in [-0.15, -0.1) is 0 Å². The third kappa shape index (κ3) is 2.70. The third-order valence-electron chi connectivity index (χ3n) is 4.52. The van der Waals surface area contributed by atoms with Crippen molar-refractivity contribution < 1.29 is 14.7 Å². The first-order valence-corrected chi connectivity index (χ1v) is 7.43. The Balaban J connectivity index is 1.73. The van der Waals surface area contributed by atoms with Gasteiger partial charge in [0, 0.05) is 18.8 Å². The number of pyridine rings is 1. The van der Waals surface area contributed by atoms with Gasteiger partial charge < -0.3 is 15.3 Å². The first-order valence-electron chi connectivity index (χ1n) is 7.43. The molecule has 2 atom stereocenters. The molecule has 21 heavy (non-hydrogen) atoms. The number of carboxylic acid groups (broad SMARTS) is 1. The SMILES string of the molecule is O=C(O)c1ncccc1NC(=O)N1CCC2CCCCC21. The Hall–Kier alpha value is -2.11. The van der Waals surface area contributed by atoms with E-state index in [1.807, 2.05) is 4.90 Å². The van der Waals surface area contributed by atoms with Crippen molar-refractivity contribution in [2.45, 2.75) is 38.1 Å². The number of nitrogens with zero attached hydrogens (tertiary/aromatic N) is 2. The van der Waals surface area contributed by atoms with Gasteiger partial charge in [0.05, 0.1) is 5.69 Å². The molecule has 1 aliphatic heterocycles. The number of hydrogen-bond donors (Lipinski definition) is 2. The minimum Gasteiger partial charge on any atom is -0.476 e. The molecule has 0 spiro atoms. The fourth-order valence-corrected chi connectivity index (χ4v) is 3.52. The molecular formula is C15H19N3O3. The maximum absolute atomic E-state index is 12.4. The molecule has 1 saturated carbocycles. The molecule has 2 N–H and O–H groups in total. The highest BCUT2D eigenvalue weighted by Gasteiger charge is 2.38. The summed E-state index contributed by atoms with van der Waals surface area (Å²) in [6, 6.07) is 3.29. The molecule has 0 bridgehead atoms. The molecule has 3 rings (SSSR count). The minimum atomic E-state index is -1.14. The van der Waals surface area contributed by atoms with E-state index in [-0.39, 0.29) is 17.4 Å². The molecule has 2 aliphatic rings. The smallest absolute Gasteiger partial charge is 0.356 e. The van der Waals surface area contributed by atoms with Crippen molar-refractivity contribution in [3.63, 3.8) is 0 Å². The van der Waals surface area contributed by atoms with Crippen molar-refractivity contribution in [3.05, 3.63) is 24.0 Å². The zero-order chi connectivity index (χ0) is 14.8. The Kier molecular flexibility index (Phi) is 3.77. The van der Waals surface area contributed by atoms with Crippen molar-refractivity contribution in [2.24, 2.45) is 5.92 Å². The number of anilines is 1. The summed E-state index contributed by atoms with van der Waals surface area (Å²) < 4.78 is 0. The number of hydrogen-bond acceptors (Lipinski definition) is 3. The van der Waals surface area contributed by atoms with E-state index in [4.69, 9.17) is 5.11 Å². The summed E-state index contributed by atoms with van der Waals surface area (Å²) in [4.78, 5) is 29.2. The highest BCUT2D eigenvalue weighted by atomic mass is 16.4. The van der Waals surface area contributed by atoms with Crippen LogP contribution in [0.5, 0.6) is 0 Å². The molecule has 1 aromatic heterocycles. The molecule has 0 aromatic carbocycles. The number of carbonyl (C=O) groups excluding carboxylic acids is 1. The highest BCUT2D eigenvalue weighted by molar-refractivity contribution is 5.98. The molecule has 6 heteroatoms. The second-order valence-electron chi connectivity index (χ2n) is 5.73. The van der Waals surface area contributed by atoms with E-state index in [0.717, 1.165) is 25.8 Å². The van der Waals surface area contributed by atoms with Crippen molar-refractivity contribution in [1.29, 1.82) is 0 Å². The van der Waals surface area contributed by atoms with Gasteiger partial charge in [0.25, 0.3) is 0 Å². The lowest BCUT2D eigenvalue weighted by Gasteiger charge is -2.31. The van der Waals surface area contributed by atoms with E-state index >= 15 is 0 Å². The third-order valence-corrected chi connectivity index (χ3v) is 4.52. The Labute approximate surface area is 123 Å². The van der Waals surface area contributed by atoms with Gasteiger partial charge in [-0.2, -0.15) is 0 Å². The molecule has 112 valence electrons. The number of nitrogens with one attached hydrogen (secondary N) is 1. The Morgan fingerprint density at radius 2 is 2.10 bits per heavy atom. The number of aromatic nitrogens is 1. The highest BCUT2D eigenvalue weighted by Crippen LogP contribution is 2.36. The van der Waals surface area contributed by atoms with Crippen LogP contribution in [-0.2, 0) is 0 Å². The molecule has 2 unspecified atom stereocenters. The largest absolute Gasteiger partial charge is 0.476 e. The van der Waals surface area contributed by atoms with Gasteiger partial charge in [0.1, 0.15) is 0 Å². The summed E-state index contributed by atoms with van der Waals surface area (Å²) in [5.41, 5.74) is 0.138. The van der Waals surface area contributed by atoms with Gasteiger partial charge >= 0.3 is 12.0 Å². The number of fused-ring (bicyclic) bond motifs is 1. The number of likely N-dealkylation sites (tertiary alicyclic amines) is 1. The van der Waals surface area contributed by atoms with E-state index in [2.05, 4.69) is 10.3 Å². The lowest BCUT2D eigenvalue weighted by atomic mass is 9.85. The second-order valence-corrected chi connectivity index (χ2v) is 5.73. The van der Waals surface area contributed by atoms with Gasteiger partial charge in [-0.25, -0.2) is 14.6 Å². The average molecular weight is 289 g/mol. The van der Waals surface area contributed by atoms with Crippen LogP contribution in [0.25, 0.3) is 0 Å². The number of amides is 2. The number of urea groups is 1. The first-order chi connectivity index (χ1) is 10.2. The second kappa shape index (κ2) is 5.71. The first kappa shape index (κ1) is 13.9. The van der Waals surface area contributed by atoms with Crippen molar-refractivity contribution in [3.8, 4) is 0 Å². The van der Waals surface area contributed by atoms with Crippen LogP contribution < -0.4 is 5.32 Å². The van der Waals surface area contributed by atoms with Crippen LogP contribution in [0.2, 0.25) is 0 Å². The zero-order valence-corrected chi connectivity index (χ0v) is 11.8. The predicted molar refractivity (Wildman–Crippen MR) is 77.3 cm³/mol. The summed E-state index contributed by atoms with van der Waals surface area (Å²) in [5.74, 6) is -0.528. The molecule has 6 nitrogen and oxygen atoms in total. The van der Waals surface area contributed by atoms with Crippen LogP contribution in [0, 0.1) is 5.92 Å². The van der Waals surface area contributed by atoms with Gasteiger partial charge in [-0.1, -0.05) is 12.8 Å². The van der Waals surface area contributed by atoms with Crippen LogP contribution in [-0.4, -0.2) is 39.6 Å². The van der Waals surface area contributed by atoms with E-state index in [1.54, 1.807) is 12.1 Å². The molecule has 0 radical (unpaired) electrons. The molecule has 2 fully saturated rings. The molecule has 1 aromatic rings. The van der Waals surface area contributed by atoms with E-state index in [1.165, 1.54) is 19.0 Å². The molecule has 1 saturated heterocycles. The van der Waals surface area contributed by atoms with E-state index in [0.29, 0.717) is 12.0 Å². The van der Waals surface area contributed by atoms with Crippen LogP contribution in [0.1, 0.15) is 42.6 Å². The lowest BCUT2D eigenvalue weighted by Crippen LogP contribution is -2.41. The van der Waals surface area contributed by atoms with Crippen molar-refractivity contribution in [1.82, 2.24) is 9.88 Å². The zero-order valence-electron chi connectivity index (χ0n) is 11.8. The van der Waals surface area contributed by atoms with E-state index < -0.39 is 5.97 Å². The quantitative estimate of drug-likeness (QED) is 0.876. The fraction of sp³-hybridized carbons (Fsp3) is 0.533. The topological polar surface area (TPSA) is 82.5 Å². The lowest BCUT2D eigenvalue weighted by molar-refractivity contribution is 0.0691. The van der Waals surface area contributed by atoms with E-state index in [9.17, 15) is 9.59 Å². The Morgan fingerprint density at radius 1 is 1.29 bits per heavy atom. The molecule has 2 amide bonds. The van der Waals surface area contributed by atoms with Crippen LogP contribution in [0.3, 0.4) is 0 Å². The number of aromatic carboxylic acids is 1. The summed E-state index contributed by atoms with van der Waals surface area (Å²) in [6.45, 7) is 0.754. The number of rotatable bonds is 2. The Morgan fingerprint density at radius 3 is 2.90 bits per heavy atom. The van der Waals surface area contributed by atoms with Crippen LogP contribution in [0.4, 0.5) is 10.5 Å². The summed E-state index contributed by atoms with van der Waals surface area (Å²) >= 11 is 0. The fourth-order valence-electron chi connectivity index (χ4n) is 3.52. The molecular weight excluding hydrogens is 270 g/mol. The number of carbonyl (C=O) groups is 2. The number of carboxylic acids is 1. The minimum absolute atomic E-state index is 0.120. The van der Waals surface area contributed by atoms with Crippen molar-refractivity contribution in [2.75, 3.05) is 11.9 Å². The van der Waals surface area contributed by atoms with Crippen LogP contribution >= 0.6 is 0 Å². The Bertz CT molecular complexity index is 561.